The van der Waals surface area contributed by atoms with Crippen LogP contribution in [0.25, 0.3) is 0 Å². The summed E-state index contributed by atoms with van der Waals surface area (Å²) in [6, 6.07) is 14.6. The van der Waals surface area contributed by atoms with Gasteiger partial charge in [-0.2, -0.15) is 0 Å². The van der Waals surface area contributed by atoms with Crippen LogP contribution >= 0.6 is 0 Å². The zero-order valence-electron chi connectivity index (χ0n) is 33.1. The SMILES string of the molecule is CCCCCCC(=Nc1cc(CCCCC)cc(CCCCC)c1)C(CCCCCC)=Nc1cc(CCCCC)cc(CCCCC)c1.[Pd]. The number of aryl methyl sites for hydroxylation is 4. The van der Waals surface area contributed by atoms with Crippen LogP contribution in [-0.2, 0) is 46.1 Å². The van der Waals surface area contributed by atoms with Crippen molar-refractivity contribution in [3.8, 4) is 0 Å². The summed E-state index contributed by atoms with van der Waals surface area (Å²) in [7, 11) is 0. The van der Waals surface area contributed by atoms with Crippen LogP contribution in [0.15, 0.2) is 46.4 Å². The first-order chi connectivity index (χ1) is 23.6. The fraction of sp³-hybridized carbons (Fsp3) is 0.696. The van der Waals surface area contributed by atoms with E-state index in [1.54, 1.807) is 0 Å². The molecule has 0 N–H and O–H groups in total. The number of hydrogen-bond donors (Lipinski definition) is 0. The van der Waals surface area contributed by atoms with Crippen molar-refractivity contribution < 1.29 is 20.4 Å². The zero-order valence-corrected chi connectivity index (χ0v) is 34.6. The second-order valence-corrected chi connectivity index (χ2v) is 14.6. The predicted molar refractivity (Wildman–Crippen MR) is 218 cm³/mol. The first-order valence-corrected chi connectivity index (χ1v) is 21.0. The molecule has 0 spiro atoms. The van der Waals surface area contributed by atoms with Gasteiger partial charge >= 0.3 is 0 Å². The third-order valence-corrected chi connectivity index (χ3v) is 9.75. The molecule has 49 heavy (non-hydrogen) atoms. The van der Waals surface area contributed by atoms with Gasteiger partial charge in [-0.3, -0.25) is 9.98 Å². The fourth-order valence-electron chi connectivity index (χ4n) is 6.79. The van der Waals surface area contributed by atoms with Crippen molar-refractivity contribution in [2.75, 3.05) is 0 Å². The van der Waals surface area contributed by atoms with E-state index in [-0.39, 0.29) is 20.4 Å². The Morgan fingerprint density at radius 1 is 0.347 bits per heavy atom. The Kier molecular flexibility index (Phi) is 27.9. The van der Waals surface area contributed by atoms with E-state index in [2.05, 4.69) is 77.9 Å². The van der Waals surface area contributed by atoms with Crippen LogP contribution in [0.5, 0.6) is 0 Å². The van der Waals surface area contributed by atoms with Crippen molar-refractivity contribution in [1.82, 2.24) is 0 Å². The van der Waals surface area contributed by atoms with Gasteiger partial charge in [0.15, 0.2) is 0 Å². The summed E-state index contributed by atoms with van der Waals surface area (Å²) >= 11 is 0. The number of aliphatic imine (C=N–C) groups is 2. The summed E-state index contributed by atoms with van der Waals surface area (Å²) in [5, 5.41) is 0. The van der Waals surface area contributed by atoms with Gasteiger partial charge in [0.05, 0.1) is 22.8 Å². The molecule has 0 heterocycles. The van der Waals surface area contributed by atoms with Crippen LogP contribution in [0, 0.1) is 0 Å². The Balaban J connectivity index is 0.0000120. The molecule has 0 saturated heterocycles. The Bertz CT molecular complexity index is 1020. The molecule has 0 aliphatic carbocycles. The summed E-state index contributed by atoms with van der Waals surface area (Å²) in [6.45, 7) is 13.8. The summed E-state index contributed by atoms with van der Waals surface area (Å²) in [5.41, 5.74) is 10.7. The van der Waals surface area contributed by atoms with Crippen molar-refractivity contribution in [3.05, 3.63) is 58.7 Å². The Morgan fingerprint density at radius 3 is 0.878 bits per heavy atom. The Morgan fingerprint density at radius 2 is 0.612 bits per heavy atom. The van der Waals surface area contributed by atoms with E-state index in [1.165, 1.54) is 162 Å². The van der Waals surface area contributed by atoms with Crippen molar-refractivity contribution >= 4 is 22.8 Å². The van der Waals surface area contributed by atoms with Crippen LogP contribution in [0.4, 0.5) is 11.4 Å². The van der Waals surface area contributed by atoms with E-state index in [9.17, 15) is 0 Å². The molecule has 0 saturated carbocycles. The third-order valence-electron chi connectivity index (χ3n) is 9.75. The van der Waals surface area contributed by atoms with E-state index >= 15 is 0 Å². The molecular formula is C46H76N2Pd. The summed E-state index contributed by atoms with van der Waals surface area (Å²) in [6.07, 6.45) is 32.1. The maximum absolute atomic E-state index is 5.58. The maximum Gasteiger partial charge on any atom is 0.0639 e. The molecular weight excluding hydrogens is 687 g/mol. The quantitative estimate of drug-likeness (QED) is 0.0448. The normalized spacial score (nSPS) is 12.0. The van der Waals surface area contributed by atoms with E-state index in [1.807, 2.05) is 0 Å². The van der Waals surface area contributed by atoms with E-state index < -0.39 is 0 Å². The average Bonchev–Trinajstić information content (AvgIpc) is 3.08. The Hall–Kier alpha value is -1.56. The molecule has 0 bridgehead atoms. The minimum absolute atomic E-state index is 0. The standard InChI is InChI=1S/C46H76N2.Pd/c1-7-13-19-25-31-45(47-43-35-39(27-21-15-9-3)33-40(36-43)28-22-16-10-4)46(32-26-20-14-8-2)48-44-37-41(29-23-17-11-5)34-42(38-44)30-24-18-12-6;/h33-38H,7-32H2,1-6H3;. The van der Waals surface area contributed by atoms with Crippen LogP contribution < -0.4 is 0 Å². The molecule has 0 amide bonds. The molecule has 2 aromatic rings. The van der Waals surface area contributed by atoms with Gasteiger partial charge in [-0.1, -0.05) is 144 Å². The van der Waals surface area contributed by atoms with E-state index in [0.29, 0.717) is 0 Å². The monoisotopic (exact) mass is 763 g/mol. The minimum Gasteiger partial charge on any atom is -0.252 e. The summed E-state index contributed by atoms with van der Waals surface area (Å²) in [4.78, 5) is 11.2. The molecule has 0 aliphatic heterocycles. The van der Waals surface area contributed by atoms with Crippen molar-refractivity contribution in [2.45, 2.75) is 208 Å². The van der Waals surface area contributed by atoms with Gasteiger partial charge in [0.2, 0.25) is 0 Å². The maximum atomic E-state index is 5.58. The molecule has 0 aromatic heterocycles. The van der Waals surface area contributed by atoms with Gasteiger partial charge in [-0.15, -0.1) is 0 Å². The summed E-state index contributed by atoms with van der Waals surface area (Å²) < 4.78 is 0. The average molecular weight is 764 g/mol. The smallest absolute Gasteiger partial charge is 0.0639 e. The van der Waals surface area contributed by atoms with E-state index in [0.717, 1.165) is 49.9 Å². The van der Waals surface area contributed by atoms with Crippen molar-refractivity contribution in [2.24, 2.45) is 9.98 Å². The number of hydrogen-bond acceptors (Lipinski definition) is 2. The molecule has 2 nitrogen and oxygen atoms in total. The van der Waals surface area contributed by atoms with Gasteiger partial charge < -0.3 is 0 Å². The molecule has 0 unspecified atom stereocenters. The molecule has 0 atom stereocenters. The van der Waals surface area contributed by atoms with Crippen LogP contribution in [0.2, 0.25) is 0 Å². The molecule has 0 fully saturated rings. The van der Waals surface area contributed by atoms with Gasteiger partial charge in [-0.05, 0) is 124 Å². The van der Waals surface area contributed by atoms with Crippen LogP contribution in [0.1, 0.15) is 205 Å². The fourth-order valence-corrected chi connectivity index (χ4v) is 6.79. The molecule has 2 rings (SSSR count). The molecule has 280 valence electrons. The van der Waals surface area contributed by atoms with Crippen LogP contribution in [0.3, 0.4) is 0 Å². The van der Waals surface area contributed by atoms with Crippen molar-refractivity contribution in [3.63, 3.8) is 0 Å². The minimum atomic E-state index is 0. The van der Waals surface area contributed by atoms with Crippen molar-refractivity contribution in [1.29, 1.82) is 0 Å². The number of unbranched alkanes of at least 4 members (excludes halogenated alkanes) is 14. The first kappa shape index (κ1) is 45.5. The second-order valence-electron chi connectivity index (χ2n) is 14.6. The van der Waals surface area contributed by atoms with Crippen LogP contribution in [-0.4, -0.2) is 11.4 Å². The number of nitrogens with zero attached hydrogens (tertiary/aromatic N) is 2. The van der Waals surface area contributed by atoms with Gasteiger partial charge in [0, 0.05) is 20.4 Å². The largest absolute Gasteiger partial charge is 0.252 e. The van der Waals surface area contributed by atoms with E-state index in [4.69, 9.17) is 9.98 Å². The van der Waals surface area contributed by atoms with Gasteiger partial charge in [-0.25, -0.2) is 0 Å². The topological polar surface area (TPSA) is 24.7 Å². The number of rotatable bonds is 29. The predicted octanol–water partition coefficient (Wildman–Crippen LogP) is 15.4. The zero-order chi connectivity index (χ0) is 34.7. The molecule has 0 aliphatic rings. The molecule has 0 radical (unpaired) electrons. The van der Waals surface area contributed by atoms with Gasteiger partial charge in [0.25, 0.3) is 0 Å². The molecule has 2 aromatic carbocycles. The Labute approximate surface area is 318 Å². The number of benzene rings is 2. The molecule has 3 heteroatoms. The first-order valence-electron chi connectivity index (χ1n) is 21.0. The third kappa shape index (κ3) is 20.8. The van der Waals surface area contributed by atoms with Gasteiger partial charge in [0.1, 0.15) is 0 Å². The second kappa shape index (κ2) is 30.1. The summed E-state index contributed by atoms with van der Waals surface area (Å²) in [5.74, 6) is 0.